The molecule has 8 heteroatoms. The molecule has 0 N–H and O–H groups in total. The van der Waals surface area contributed by atoms with Gasteiger partial charge in [-0.25, -0.2) is 4.79 Å². The molecule has 0 saturated carbocycles. The molecule has 2 aliphatic heterocycles. The van der Waals surface area contributed by atoms with Gasteiger partial charge in [-0.1, -0.05) is 87.5 Å². The lowest BCUT2D eigenvalue weighted by atomic mass is 9.75. The Labute approximate surface area is 284 Å². The van der Waals surface area contributed by atoms with Gasteiger partial charge in [-0.3, -0.25) is 0 Å². The fraction of sp³-hybridized carbons (Fsp3) is 0.615. The Balaban J connectivity index is 1.55. The SMILES string of the molecule is CCOC(=O)/C=C\C[C@@]1(C)O[C@@]2(C)[C@@H](OCc3ccccc3)C[C@H](CCCOCc3ccccc3)O[C@@H]2C[C@@H]1O[Si](C)(C)C(C)(C)C. The molecular weight excluding hydrogens is 609 g/mol. The average molecular weight is 667 g/mol. The van der Waals surface area contributed by atoms with E-state index in [1.165, 1.54) is 11.6 Å². The number of rotatable bonds is 15. The standard InChI is InChI=1S/C39H58O7Si/c1-9-42-36(40)23-16-24-38(5)33(45-47(7,8)37(2,3)4)27-35-39(6,46-38)34(43-29-31-20-14-11-15-21-31)26-32(44-35)22-17-25-41-28-30-18-12-10-13-19-30/h10-16,18-21,23,32-35H,9,17,22,24-29H2,1-8H3/b23-16-/t32-,33-,34-,35+,38+,39-/m0/s1. The summed E-state index contributed by atoms with van der Waals surface area (Å²) < 4.78 is 39.2. The van der Waals surface area contributed by atoms with Gasteiger partial charge in [-0.2, -0.15) is 0 Å². The van der Waals surface area contributed by atoms with Crippen LogP contribution in [0.5, 0.6) is 0 Å². The minimum absolute atomic E-state index is 0.0133. The van der Waals surface area contributed by atoms with E-state index >= 15 is 0 Å². The van der Waals surface area contributed by atoms with Crippen LogP contribution in [0.4, 0.5) is 0 Å². The van der Waals surface area contributed by atoms with Crippen molar-refractivity contribution in [2.75, 3.05) is 13.2 Å². The van der Waals surface area contributed by atoms with Crippen molar-refractivity contribution in [2.45, 2.75) is 141 Å². The molecule has 0 bridgehead atoms. The maximum Gasteiger partial charge on any atom is 0.330 e. The summed E-state index contributed by atoms with van der Waals surface area (Å²) in [6, 6.07) is 20.6. The zero-order valence-corrected chi connectivity index (χ0v) is 31.0. The molecule has 4 rings (SSSR count). The summed E-state index contributed by atoms with van der Waals surface area (Å²) in [5.41, 5.74) is 0.882. The number of esters is 1. The van der Waals surface area contributed by atoms with E-state index in [2.05, 4.69) is 72.0 Å². The van der Waals surface area contributed by atoms with Gasteiger partial charge in [0, 0.05) is 25.5 Å². The van der Waals surface area contributed by atoms with E-state index < -0.39 is 19.5 Å². The first-order valence-corrected chi connectivity index (χ1v) is 20.3. The minimum atomic E-state index is -2.19. The second-order valence-electron chi connectivity index (χ2n) is 15.0. The van der Waals surface area contributed by atoms with Gasteiger partial charge in [0.2, 0.25) is 0 Å². The maximum absolute atomic E-state index is 12.2. The molecule has 2 aliphatic rings. The van der Waals surface area contributed by atoms with Gasteiger partial charge in [0.05, 0.1) is 49.8 Å². The molecule has 7 nitrogen and oxygen atoms in total. The molecule has 0 aromatic heterocycles. The quantitative estimate of drug-likeness (QED) is 0.0816. The monoisotopic (exact) mass is 666 g/mol. The average Bonchev–Trinajstić information content (AvgIpc) is 3.01. The lowest BCUT2D eigenvalue weighted by molar-refractivity contribution is -0.330. The number of fused-ring (bicyclic) bond motifs is 1. The maximum atomic E-state index is 12.2. The molecule has 2 aromatic carbocycles. The van der Waals surface area contributed by atoms with Crippen LogP contribution in [-0.4, -0.2) is 63.1 Å². The minimum Gasteiger partial charge on any atom is -0.463 e. The van der Waals surface area contributed by atoms with Gasteiger partial charge in [-0.05, 0) is 69.3 Å². The van der Waals surface area contributed by atoms with Crippen molar-refractivity contribution in [3.05, 3.63) is 83.9 Å². The molecule has 2 fully saturated rings. The number of carbonyl (C=O) groups is 1. The van der Waals surface area contributed by atoms with Gasteiger partial charge >= 0.3 is 5.97 Å². The highest BCUT2D eigenvalue weighted by Gasteiger charge is 2.60. The van der Waals surface area contributed by atoms with E-state index in [1.807, 2.05) is 49.4 Å². The van der Waals surface area contributed by atoms with E-state index in [4.69, 9.17) is 28.1 Å². The highest BCUT2D eigenvalue weighted by Crippen LogP contribution is 2.50. The Morgan fingerprint density at radius 3 is 2.21 bits per heavy atom. The van der Waals surface area contributed by atoms with Crippen LogP contribution in [0.15, 0.2) is 72.8 Å². The van der Waals surface area contributed by atoms with E-state index in [-0.39, 0.29) is 35.4 Å². The van der Waals surface area contributed by atoms with Crippen molar-refractivity contribution in [3.63, 3.8) is 0 Å². The summed E-state index contributed by atoms with van der Waals surface area (Å²) in [5, 5.41) is 0.0203. The summed E-state index contributed by atoms with van der Waals surface area (Å²) in [5.74, 6) is -0.349. The number of hydrogen-bond acceptors (Lipinski definition) is 7. The molecule has 0 unspecified atom stereocenters. The summed E-state index contributed by atoms with van der Waals surface area (Å²) in [6.07, 6.45) is 6.42. The Bertz CT molecular complexity index is 1280. The summed E-state index contributed by atoms with van der Waals surface area (Å²) in [4.78, 5) is 12.2. The van der Waals surface area contributed by atoms with Crippen molar-refractivity contribution in [3.8, 4) is 0 Å². The molecule has 47 heavy (non-hydrogen) atoms. The molecule has 0 amide bonds. The molecule has 0 spiro atoms. The first-order chi connectivity index (χ1) is 22.3. The summed E-state index contributed by atoms with van der Waals surface area (Å²) >= 11 is 0. The fourth-order valence-corrected chi connectivity index (χ4v) is 7.77. The van der Waals surface area contributed by atoms with E-state index in [0.29, 0.717) is 39.3 Å². The van der Waals surface area contributed by atoms with Crippen LogP contribution >= 0.6 is 0 Å². The highest BCUT2D eigenvalue weighted by molar-refractivity contribution is 6.74. The Morgan fingerprint density at radius 1 is 0.957 bits per heavy atom. The zero-order valence-electron chi connectivity index (χ0n) is 30.0. The highest BCUT2D eigenvalue weighted by atomic mass is 28.4. The third-order valence-corrected chi connectivity index (χ3v) is 14.7. The lowest BCUT2D eigenvalue weighted by Crippen LogP contribution is -2.70. The predicted octanol–water partition coefficient (Wildman–Crippen LogP) is 8.56. The number of carbonyl (C=O) groups excluding carboxylic acids is 1. The normalized spacial score (nSPS) is 28.3. The lowest BCUT2D eigenvalue weighted by Gasteiger charge is -2.59. The van der Waals surface area contributed by atoms with Crippen LogP contribution in [0.25, 0.3) is 0 Å². The third-order valence-electron chi connectivity index (χ3n) is 10.2. The molecule has 2 saturated heterocycles. The van der Waals surface area contributed by atoms with Gasteiger partial charge in [-0.15, -0.1) is 0 Å². The summed E-state index contributed by atoms with van der Waals surface area (Å²) in [7, 11) is -2.19. The Morgan fingerprint density at radius 2 is 1.60 bits per heavy atom. The molecule has 0 radical (unpaired) electrons. The van der Waals surface area contributed by atoms with Crippen LogP contribution < -0.4 is 0 Å². The fourth-order valence-electron chi connectivity index (χ4n) is 6.36. The Hall–Kier alpha value is -2.33. The first kappa shape index (κ1) is 37.5. The van der Waals surface area contributed by atoms with Gasteiger partial charge in [0.25, 0.3) is 0 Å². The second kappa shape index (κ2) is 16.4. The zero-order chi connectivity index (χ0) is 34.1. The largest absolute Gasteiger partial charge is 0.463 e. The molecule has 2 heterocycles. The van der Waals surface area contributed by atoms with E-state index in [1.54, 1.807) is 0 Å². The second-order valence-corrected chi connectivity index (χ2v) is 19.8. The molecule has 6 atom stereocenters. The van der Waals surface area contributed by atoms with Crippen LogP contribution in [0.3, 0.4) is 0 Å². The van der Waals surface area contributed by atoms with E-state index in [9.17, 15) is 4.79 Å². The number of ether oxygens (including phenoxy) is 5. The van der Waals surface area contributed by atoms with Crippen molar-refractivity contribution < 1.29 is 32.9 Å². The van der Waals surface area contributed by atoms with E-state index in [0.717, 1.165) is 24.8 Å². The van der Waals surface area contributed by atoms with Crippen LogP contribution in [0.2, 0.25) is 18.1 Å². The molecule has 260 valence electrons. The number of hydrogen-bond donors (Lipinski definition) is 0. The van der Waals surface area contributed by atoms with Crippen LogP contribution in [-0.2, 0) is 46.1 Å². The van der Waals surface area contributed by atoms with Gasteiger partial charge in [0.15, 0.2) is 8.32 Å². The molecular formula is C39H58O7Si. The van der Waals surface area contributed by atoms with Gasteiger partial charge in [0.1, 0.15) is 5.60 Å². The van der Waals surface area contributed by atoms with Crippen molar-refractivity contribution in [1.82, 2.24) is 0 Å². The predicted molar refractivity (Wildman–Crippen MR) is 189 cm³/mol. The van der Waals surface area contributed by atoms with Crippen LogP contribution in [0.1, 0.15) is 84.8 Å². The van der Waals surface area contributed by atoms with Crippen molar-refractivity contribution >= 4 is 14.3 Å². The first-order valence-electron chi connectivity index (χ1n) is 17.4. The van der Waals surface area contributed by atoms with Crippen molar-refractivity contribution in [2.24, 2.45) is 0 Å². The smallest absolute Gasteiger partial charge is 0.330 e. The van der Waals surface area contributed by atoms with Gasteiger partial charge < -0.3 is 28.1 Å². The van der Waals surface area contributed by atoms with Crippen molar-refractivity contribution in [1.29, 1.82) is 0 Å². The third kappa shape index (κ3) is 10.1. The Kier molecular flexibility index (Phi) is 13.1. The molecule has 2 aromatic rings. The van der Waals surface area contributed by atoms with Crippen LogP contribution in [0, 0.1) is 0 Å². The topological polar surface area (TPSA) is 72.5 Å². The summed E-state index contributed by atoms with van der Waals surface area (Å²) in [6.45, 7) is 19.5. The molecule has 0 aliphatic carbocycles. The number of benzene rings is 2.